The van der Waals surface area contributed by atoms with Crippen LogP contribution in [0.3, 0.4) is 0 Å². The van der Waals surface area contributed by atoms with Crippen molar-refractivity contribution in [3.8, 4) is 11.5 Å². The van der Waals surface area contributed by atoms with E-state index in [0.29, 0.717) is 12.1 Å². The third kappa shape index (κ3) is 5.91. The topological polar surface area (TPSA) is 59.8 Å². The largest absolute Gasteiger partial charge is 0.491 e. The summed E-state index contributed by atoms with van der Waals surface area (Å²) < 4.78 is 17.7. The van der Waals surface area contributed by atoms with Gasteiger partial charge in [-0.1, -0.05) is 12.1 Å². The van der Waals surface area contributed by atoms with Crippen molar-refractivity contribution in [2.45, 2.75) is 65.3 Å². The van der Waals surface area contributed by atoms with Gasteiger partial charge in [-0.25, -0.2) is 0 Å². The Morgan fingerprint density at radius 1 is 1.00 bits per heavy atom. The summed E-state index contributed by atoms with van der Waals surface area (Å²) in [6.45, 7) is 11.1. The van der Waals surface area contributed by atoms with E-state index in [4.69, 9.17) is 13.9 Å². The van der Waals surface area contributed by atoms with Crippen molar-refractivity contribution < 1.29 is 13.9 Å². The van der Waals surface area contributed by atoms with Crippen molar-refractivity contribution >= 4 is 17.1 Å². The molecule has 0 aliphatic carbocycles. The van der Waals surface area contributed by atoms with Gasteiger partial charge >= 0.3 is 0 Å². The van der Waals surface area contributed by atoms with Gasteiger partial charge in [0.15, 0.2) is 5.58 Å². The van der Waals surface area contributed by atoms with Crippen LogP contribution in [0, 0.1) is 0 Å². The number of nitrogens with one attached hydrogen (secondary N) is 1. The minimum absolute atomic E-state index is 0.135. The van der Waals surface area contributed by atoms with Crippen LogP contribution in [0.15, 0.2) is 46.9 Å². The number of ether oxygens (including phenoxy) is 2. The molecule has 1 N–H and O–H groups in total. The smallest absolute Gasteiger partial charge is 0.295 e. The Morgan fingerprint density at radius 3 is 2.26 bits per heavy atom. The predicted octanol–water partition coefficient (Wildman–Crippen LogP) is 5.48. The van der Waals surface area contributed by atoms with Crippen LogP contribution in [0.2, 0.25) is 0 Å². The fraction of sp³-hybridized carbons (Fsp3) is 0.480. The van der Waals surface area contributed by atoms with Crippen molar-refractivity contribution in [2.24, 2.45) is 0 Å². The van der Waals surface area contributed by atoms with E-state index in [-0.39, 0.29) is 12.2 Å². The molecule has 3 aromatic rings. The Morgan fingerprint density at radius 2 is 1.65 bits per heavy atom. The van der Waals surface area contributed by atoms with Gasteiger partial charge in [-0.2, -0.15) is 4.98 Å². The van der Waals surface area contributed by atoms with Gasteiger partial charge in [0.1, 0.15) is 17.0 Å². The Labute approximate surface area is 184 Å². The SMILES string of the molecule is CC(C)Oc1cc(CN2CCC(Nc3nc4ccccc4o3)CC2)cc(OC(C)C)c1. The molecule has 1 fully saturated rings. The number of aromatic nitrogens is 1. The molecule has 31 heavy (non-hydrogen) atoms. The standard InChI is InChI=1S/C25H33N3O3/c1-17(2)29-21-13-19(14-22(15-21)30-18(3)4)16-28-11-9-20(10-12-28)26-25-27-23-7-5-6-8-24(23)31-25/h5-8,13-15,17-18,20H,9-12,16H2,1-4H3,(H,26,27). The molecule has 6 nitrogen and oxygen atoms in total. The summed E-state index contributed by atoms with van der Waals surface area (Å²) in [5.41, 5.74) is 2.94. The molecule has 1 aromatic heterocycles. The van der Waals surface area contributed by atoms with Gasteiger partial charge in [-0.15, -0.1) is 0 Å². The van der Waals surface area contributed by atoms with Crippen LogP contribution >= 0.6 is 0 Å². The highest BCUT2D eigenvalue weighted by Crippen LogP contribution is 2.27. The van der Waals surface area contributed by atoms with E-state index < -0.39 is 0 Å². The van der Waals surface area contributed by atoms with Crippen molar-refractivity contribution in [1.82, 2.24) is 9.88 Å². The Balaban J connectivity index is 1.35. The number of fused-ring (bicyclic) bond motifs is 1. The lowest BCUT2D eigenvalue weighted by Gasteiger charge is -2.32. The van der Waals surface area contributed by atoms with E-state index in [0.717, 1.165) is 55.1 Å². The molecule has 166 valence electrons. The second-order valence-corrected chi connectivity index (χ2v) is 8.83. The summed E-state index contributed by atoms with van der Waals surface area (Å²) in [6.07, 6.45) is 2.37. The molecule has 4 rings (SSSR count). The average Bonchev–Trinajstić information content (AvgIpc) is 3.10. The molecular formula is C25H33N3O3. The number of hydrogen-bond acceptors (Lipinski definition) is 6. The highest BCUT2D eigenvalue weighted by atomic mass is 16.5. The lowest BCUT2D eigenvalue weighted by Crippen LogP contribution is -2.38. The lowest BCUT2D eigenvalue weighted by atomic mass is 10.0. The number of hydrogen-bond donors (Lipinski definition) is 1. The fourth-order valence-corrected chi connectivity index (χ4v) is 4.00. The quantitative estimate of drug-likeness (QED) is 0.518. The highest BCUT2D eigenvalue weighted by molar-refractivity contribution is 5.74. The lowest BCUT2D eigenvalue weighted by molar-refractivity contribution is 0.207. The van der Waals surface area contributed by atoms with Crippen LogP contribution in [0.1, 0.15) is 46.1 Å². The maximum Gasteiger partial charge on any atom is 0.295 e. The summed E-state index contributed by atoms with van der Waals surface area (Å²) in [5.74, 6) is 1.74. The van der Waals surface area contributed by atoms with E-state index in [9.17, 15) is 0 Å². The monoisotopic (exact) mass is 423 g/mol. The van der Waals surface area contributed by atoms with Gasteiger partial charge < -0.3 is 19.2 Å². The van der Waals surface area contributed by atoms with E-state index in [1.54, 1.807) is 0 Å². The number of anilines is 1. The summed E-state index contributed by atoms with van der Waals surface area (Å²) in [4.78, 5) is 7.02. The van der Waals surface area contributed by atoms with Crippen LogP contribution in [-0.2, 0) is 6.54 Å². The molecule has 6 heteroatoms. The van der Waals surface area contributed by atoms with Crippen LogP contribution in [-0.4, -0.2) is 41.2 Å². The van der Waals surface area contributed by atoms with E-state index in [2.05, 4.69) is 27.3 Å². The minimum atomic E-state index is 0.135. The molecule has 1 saturated heterocycles. The number of benzene rings is 2. The van der Waals surface area contributed by atoms with E-state index >= 15 is 0 Å². The first-order chi connectivity index (χ1) is 14.9. The minimum Gasteiger partial charge on any atom is -0.491 e. The van der Waals surface area contributed by atoms with Crippen molar-refractivity contribution in [3.05, 3.63) is 48.0 Å². The number of para-hydroxylation sites is 2. The maximum atomic E-state index is 5.95. The summed E-state index contributed by atoms with van der Waals surface area (Å²) >= 11 is 0. The summed E-state index contributed by atoms with van der Waals surface area (Å²) in [7, 11) is 0. The molecule has 2 aromatic carbocycles. The zero-order valence-electron chi connectivity index (χ0n) is 18.9. The highest BCUT2D eigenvalue weighted by Gasteiger charge is 2.21. The normalized spacial score (nSPS) is 15.7. The molecule has 0 amide bonds. The predicted molar refractivity (Wildman–Crippen MR) is 124 cm³/mol. The van der Waals surface area contributed by atoms with E-state index in [1.165, 1.54) is 5.56 Å². The molecule has 0 radical (unpaired) electrons. The maximum absolute atomic E-state index is 5.95. The van der Waals surface area contributed by atoms with Gasteiger partial charge in [-0.05, 0) is 70.4 Å². The molecule has 1 aliphatic rings. The molecule has 0 atom stereocenters. The fourth-order valence-electron chi connectivity index (χ4n) is 4.00. The molecule has 1 aliphatic heterocycles. The first-order valence-corrected chi connectivity index (χ1v) is 11.3. The first kappa shape index (κ1) is 21.5. The van der Waals surface area contributed by atoms with Crippen LogP contribution in [0.25, 0.3) is 11.1 Å². The van der Waals surface area contributed by atoms with E-state index in [1.807, 2.05) is 58.0 Å². The van der Waals surface area contributed by atoms with Crippen LogP contribution < -0.4 is 14.8 Å². The number of rotatable bonds is 8. The molecule has 0 bridgehead atoms. The molecule has 0 spiro atoms. The van der Waals surface area contributed by atoms with Gasteiger partial charge in [0.25, 0.3) is 6.01 Å². The Kier molecular flexibility index (Phi) is 6.66. The zero-order chi connectivity index (χ0) is 21.8. The first-order valence-electron chi connectivity index (χ1n) is 11.3. The third-order valence-electron chi connectivity index (χ3n) is 5.30. The number of nitrogens with zero attached hydrogens (tertiary/aromatic N) is 2. The number of piperidine rings is 1. The second-order valence-electron chi connectivity index (χ2n) is 8.83. The molecule has 2 heterocycles. The number of oxazole rings is 1. The van der Waals surface area contributed by atoms with Gasteiger partial charge in [0, 0.05) is 31.7 Å². The van der Waals surface area contributed by atoms with Crippen molar-refractivity contribution in [1.29, 1.82) is 0 Å². The van der Waals surface area contributed by atoms with Gasteiger partial charge in [0.05, 0.1) is 12.2 Å². The third-order valence-corrected chi connectivity index (χ3v) is 5.30. The summed E-state index contributed by atoms with van der Waals surface area (Å²) in [6, 6.07) is 15.1. The zero-order valence-corrected chi connectivity index (χ0v) is 18.9. The van der Waals surface area contributed by atoms with Crippen molar-refractivity contribution in [3.63, 3.8) is 0 Å². The molecule has 0 saturated carbocycles. The van der Waals surface area contributed by atoms with Gasteiger partial charge in [-0.3, -0.25) is 4.90 Å². The van der Waals surface area contributed by atoms with Crippen LogP contribution in [0.4, 0.5) is 6.01 Å². The Bertz CT molecular complexity index is 929. The molecule has 0 unspecified atom stereocenters. The summed E-state index contributed by atoms with van der Waals surface area (Å²) in [5, 5.41) is 3.47. The van der Waals surface area contributed by atoms with Crippen LogP contribution in [0.5, 0.6) is 11.5 Å². The Hall–Kier alpha value is -2.73. The molecular weight excluding hydrogens is 390 g/mol. The second kappa shape index (κ2) is 9.60. The van der Waals surface area contributed by atoms with Crippen molar-refractivity contribution in [2.75, 3.05) is 18.4 Å². The van der Waals surface area contributed by atoms with Gasteiger partial charge in [0.2, 0.25) is 0 Å². The number of likely N-dealkylation sites (tertiary alicyclic amines) is 1. The average molecular weight is 424 g/mol.